The molecule has 1 N–H and O–H groups in total. The van der Waals surface area contributed by atoms with E-state index in [4.69, 9.17) is 5.11 Å². The highest BCUT2D eigenvalue weighted by Gasteiger charge is 2.32. The van der Waals surface area contributed by atoms with Gasteiger partial charge >= 0.3 is 5.97 Å². The minimum atomic E-state index is -3.62. The first kappa shape index (κ1) is 18.8. The fourth-order valence-electron chi connectivity index (χ4n) is 3.52. The molecule has 8 heteroatoms. The smallest absolute Gasteiger partial charge is 0.317 e. The van der Waals surface area contributed by atoms with Gasteiger partial charge in [0.2, 0.25) is 10.0 Å². The Morgan fingerprint density at radius 1 is 1.31 bits per heavy atom. The molecule has 0 unspecified atom stereocenters. The van der Waals surface area contributed by atoms with E-state index >= 15 is 0 Å². The Kier molecular flexibility index (Phi) is 5.27. The maximum atomic E-state index is 13.2. The summed E-state index contributed by atoms with van der Waals surface area (Å²) in [5, 5.41) is 9.55. The molecule has 0 bridgehead atoms. The minimum Gasteiger partial charge on any atom is -0.480 e. The highest BCUT2D eigenvalue weighted by Crippen LogP contribution is 2.29. The van der Waals surface area contributed by atoms with Gasteiger partial charge in [-0.1, -0.05) is 6.07 Å². The van der Waals surface area contributed by atoms with E-state index in [1.165, 1.54) is 4.31 Å². The van der Waals surface area contributed by atoms with Gasteiger partial charge in [-0.2, -0.15) is 4.31 Å². The number of fused-ring (bicyclic) bond motifs is 1. The third-order valence-electron chi connectivity index (χ3n) is 4.98. The molecule has 0 spiro atoms. The topological polar surface area (TPSA) is 90.8 Å². The molecule has 26 heavy (non-hydrogen) atoms. The van der Waals surface area contributed by atoms with E-state index in [9.17, 15) is 13.2 Å². The number of likely N-dealkylation sites (N-methyl/N-ethyl adjacent to an activating group) is 1. The molecule has 1 saturated heterocycles. The van der Waals surface area contributed by atoms with Crippen molar-refractivity contribution < 1.29 is 18.3 Å². The molecule has 7 nitrogen and oxygen atoms in total. The molecule has 2 heterocycles. The van der Waals surface area contributed by atoms with Crippen LogP contribution in [-0.4, -0.2) is 66.4 Å². The Morgan fingerprint density at radius 2 is 2.00 bits per heavy atom. The van der Waals surface area contributed by atoms with E-state index in [1.807, 2.05) is 6.92 Å². The van der Waals surface area contributed by atoms with Crippen molar-refractivity contribution in [3.63, 3.8) is 0 Å². The van der Waals surface area contributed by atoms with Gasteiger partial charge in [-0.25, -0.2) is 8.42 Å². The van der Waals surface area contributed by atoms with Crippen molar-refractivity contribution in [3.05, 3.63) is 36.0 Å². The van der Waals surface area contributed by atoms with Gasteiger partial charge in [-0.05, 0) is 50.6 Å². The first-order valence-electron chi connectivity index (χ1n) is 8.57. The molecule has 0 amide bonds. The molecule has 1 aliphatic heterocycles. The maximum Gasteiger partial charge on any atom is 0.317 e. The van der Waals surface area contributed by atoms with Gasteiger partial charge in [-0.15, -0.1) is 0 Å². The zero-order valence-corrected chi connectivity index (χ0v) is 15.7. The molecular weight excluding hydrogens is 354 g/mol. The number of hydrogen-bond acceptors (Lipinski definition) is 5. The third-order valence-corrected chi connectivity index (χ3v) is 6.94. The van der Waals surface area contributed by atoms with Crippen molar-refractivity contribution >= 4 is 26.9 Å². The van der Waals surface area contributed by atoms with Crippen LogP contribution in [0.25, 0.3) is 10.9 Å². The lowest BCUT2D eigenvalue weighted by Crippen LogP contribution is -2.46. The Balaban J connectivity index is 1.83. The lowest BCUT2D eigenvalue weighted by Gasteiger charge is -2.35. The zero-order valence-electron chi connectivity index (χ0n) is 14.9. The van der Waals surface area contributed by atoms with Crippen LogP contribution in [0, 0.1) is 6.92 Å². The standard InChI is InChI=1S/C18H23N3O4S/c1-13-5-6-16(15-4-3-9-19-18(13)15)26(24,25)21-10-7-14(8-11-21)20(2)12-17(22)23/h3-6,9,14H,7-8,10-12H2,1-2H3,(H,22,23). The number of sulfonamides is 1. The van der Waals surface area contributed by atoms with Gasteiger partial charge in [0, 0.05) is 30.7 Å². The van der Waals surface area contributed by atoms with Crippen LogP contribution < -0.4 is 0 Å². The Morgan fingerprint density at radius 3 is 2.65 bits per heavy atom. The number of benzene rings is 1. The van der Waals surface area contributed by atoms with E-state index in [0.29, 0.717) is 36.8 Å². The molecule has 140 valence electrons. The number of aromatic nitrogens is 1. The second-order valence-corrected chi connectivity index (χ2v) is 8.63. The first-order chi connectivity index (χ1) is 12.3. The number of hydrogen-bond donors (Lipinski definition) is 1. The number of carboxylic acid groups (broad SMARTS) is 1. The SMILES string of the molecule is Cc1ccc(S(=O)(=O)N2CCC(N(C)CC(=O)O)CC2)c2cccnc12. The van der Waals surface area contributed by atoms with Crippen molar-refractivity contribution in [2.45, 2.75) is 30.7 Å². The number of pyridine rings is 1. The number of rotatable bonds is 5. The van der Waals surface area contributed by atoms with Crippen LogP contribution in [-0.2, 0) is 14.8 Å². The van der Waals surface area contributed by atoms with Gasteiger partial charge in [0.05, 0.1) is 17.0 Å². The van der Waals surface area contributed by atoms with Gasteiger partial charge in [0.15, 0.2) is 0 Å². The number of carboxylic acids is 1. The van der Waals surface area contributed by atoms with Crippen molar-refractivity contribution in [3.8, 4) is 0 Å². The average Bonchev–Trinajstić information content (AvgIpc) is 2.61. The monoisotopic (exact) mass is 377 g/mol. The van der Waals surface area contributed by atoms with Crippen LogP contribution in [0.3, 0.4) is 0 Å². The second kappa shape index (κ2) is 7.30. The molecule has 0 radical (unpaired) electrons. The molecule has 2 aromatic rings. The van der Waals surface area contributed by atoms with Crippen LogP contribution in [0.2, 0.25) is 0 Å². The normalized spacial score (nSPS) is 17.0. The maximum absolute atomic E-state index is 13.2. The van der Waals surface area contributed by atoms with E-state index in [1.54, 1.807) is 42.4 Å². The Bertz CT molecular complexity index is 921. The van der Waals surface area contributed by atoms with Crippen molar-refractivity contribution in [2.24, 2.45) is 0 Å². The highest BCUT2D eigenvalue weighted by molar-refractivity contribution is 7.89. The molecule has 0 aliphatic carbocycles. The van der Waals surface area contributed by atoms with Gasteiger partial charge in [-0.3, -0.25) is 14.7 Å². The van der Waals surface area contributed by atoms with Crippen LogP contribution in [0.4, 0.5) is 0 Å². The minimum absolute atomic E-state index is 0.0360. The molecule has 3 rings (SSSR count). The third kappa shape index (κ3) is 3.58. The van der Waals surface area contributed by atoms with Crippen LogP contribution in [0.15, 0.2) is 35.4 Å². The van der Waals surface area contributed by atoms with E-state index in [0.717, 1.165) is 5.56 Å². The van der Waals surface area contributed by atoms with Crippen molar-refractivity contribution in [1.82, 2.24) is 14.2 Å². The lowest BCUT2D eigenvalue weighted by atomic mass is 10.1. The van der Waals surface area contributed by atoms with Crippen LogP contribution in [0.5, 0.6) is 0 Å². The van der Waals surface area contributed by atoms with Gasteiger partial charge < -0.3 is 5.11 Å². The number of carbonyl (C=O) groups is 1. The Labute approximate surface area is 153 Å². The molecule has 1 aliphatic rings. The summed E-state index contributed by atoms with van der Waals surface area (Å²) in [7, 11) is -1.85. The number of nitrogens with zero attached hydrogens (tertiary/aromatic N) is 3. The largest absolute Gasteiger partial charge is 0.480 e. The zero-order chi connectivity index (χ0) is 18.9. The summed E-state index contributed by atoms with van der Waals surface area (Å²) >= 11 is 0. The number of aryl methyl sites for hydroxylation is 1. The highest BCUT2D eigenvalue weighted by atomic mass is 32.2. The molecule has 1 aromatic heterocycles. The van der Waals surface area contributed by atoms with Gasteiger partial charge in [0.1, 0.15) is 0 Å². The average molecular weight is 377 g/mol. The fourth-order valence-corrected chi connectivity index (χ4v) is 5.17. The fraction of sp³-hybridized carbons (Fsp3) is 0.444. The van der Waals surface area contributed by atoms with Crippen LogP contribution >= 0.6 is 0 Å². The molecule has 1 aromatic carbocycles. The molecule has 0 saturated carbocycles. The summed E-state index contributed by atoms with van der Waals surface area (Å²) in [6, 6.07) is 7.05. The predicted molar refractivity (Wildman–Crippen MR) is 98.5 cm³/mol. The number of piperidine rings is 1. The van der Waals surface area contributed by atoms with E-state index in [-0.39, 0.29) is 17.5 Å². The van der Waals surface area contributed by atoms with E-state index < -0.39 is 16.0 Å². The quantitative estimate of drug-likeness (QED) is 0.853. The second-order valence-electron chi connectivity index (χ2n) is 6.72. The summed E-state index contributed by atoms with van der Waals surface area (Å²) < 4.78 is 27.8. The summed E-state index contributed by atoms with van der Waals surface area (Å²) in [4.78, 5) is 17.2. The first-order valence-corrected chi connectivity index (χ1v) is 10.0. The summed E-state index contributed by atoms with van der Waals surface area (Å²) in [5.74, 6) is -0.874. The molecular formula is C18H23N3O4S. The van der Waals surface area contributed by atoms with Crippen LogP contribution in [0.1, 0.15) is 18.4 Å². The van der Waals surface area contributed by atoms with Crippen molar-refractivity contribution in [2.75, 3.05) is 26.7 Å². The Hall–Kier alpha value is -2.03. The summed E-state index contributed by atoms with van der Waals surface area (Å²) in [5.41, 5.74) is 1.64. The summed E-state index contributed by atoms with van der Waals surface area (Å²) in [6.07, 6.45) is 2.89. The predicted octanol–water partition coefficient (Wildman–Crippen LogP) is 1.71. The molecule has 0 atom stereocenters. The van der Waals surface area contributed by atoms with Crippen molar-refractivity contribution in [1.29, 1.82) is 0 Å². The lowest BCUT2D eigenvalue weighted by molar-refractivity contribution is -0.138. The van der Waals surface area contributed by atoms with Gasteiger partial charge in [0.25, 0.3) is 0 Å². The number of aliphatic carboxylic acids is 1. The summed E-state index contributed by atoms with van der Waals surface area (Å²) in [6.45, 7) is 2.64. The van der Waals surface area contributed by atoms with E-state index in [2.05, 4.69) is 4.98 Å². The molecule has 1 fully saturated rings.